The first-order chi connectivity index (χ1) is 7.19. The van der Waals surface area contributed by atoms with Gasteiger partial charge in [0.2, 0.25) is 0 Å². The Morgan fingerprint density at radius 3 is 2.44 bits per heavy atom. The van der Waals surface area contributed by atoms with E-state index in [2.05, 4.69) is 4.74 Å². The molecule has 0 fully saturated rings. The fraction of sp³-hybridized carbons (Fsp3) is 0.889. The van der Waals surface area contributed by atoms with E-state index in [1.165, 1.54) is 25.1 Å². The molecule has 0 aliphatic heterocycles. The van der Waals surface area contributed by atoms with Gasteiger partial charge < -0.3 is 10.5 Å². The van der Waals surface area contributed by atoms with Gasteiger partial charge in [-0.2, -0.15) is 11.8 Å². The van der Waals surface area contributed by atoms with Gasteiger partial charge in [-0.15, -0.1) is 0 Å². The highest BCUT2D eigenvalue weighted by molar-refractivity contribution is 8.00. The Balaban J connectivity index is 3.78. The lowest BCUT2D eigenvalue weighted by Crippen LogP contribution is -2.46. The molecule has 0 radical (unpaired) electrons. The van der Waals surface area contributed by atoms with Crippen molar-refractivity contribution < 1.29 is 17.9 Å². The predicted octanol–water partition coefficient (Wildman–Crippen LogP) is 0.0447. The van der Waals surface area contributed by atoms with Gasteiger partial charge in [0, 0.05) is 12.0 Å². The summed E-state index contributed by atoms with van der Waals surface area (Å²) in [5, 5.41) is 0. The van der Waals surface area contributed by atoms with Gasteiger partial charge in [-0.05, 0) is 19.1 Å². The molecule has 0 saturated carbocycles. The second kappa shape index (κ2) is 6.46. The topological polar surface area (TPSA) is 86.5 Å². The maximum atomic E-state index is 11.2. The third-order valence-corrected chi connectivity index (χ3v) is 4.21. The summed E-state index contributed by atoms with van der Waals surface area (Å²) in [6.07, 6.45) is 1.67. The van der Waals surface area contributed by atoms with Gasteiger partial charge in [0.1, 0.15) is 15.4 Å². The van der Waals surface area contributed by atoms with Crippen LogP contribution in [0.15, 0.2) is 0 Å². The number of thioether (sulfide) groups is 1. The molecule has 0 saturated heterocycles. The minimum absolute atomic E-state index is 0.150. The summed E-state index contributed by atoms with van der Waals surface area (Å²) < 4.78 is 26.2. The van der Waals surface area contributed by atoms with Crippen molar-refractivity contribution in [3.05, 3.63) is 0 Å². The Morgan fingerprint density at radius 1 is 1.44 bits per heavy atom. The summed E-state index contributed by atoms with van der Waals surface area (Å²) in [5.41, 5.74) is 4.74. The van der Waals surface area contributed by atoms with Crippen molar-refractivity contribution in [1.82, 2.24) is 0 Å². The molecular formula is C9H19NO4S2. The van der Waals surface area contributed by atoms with Crippen LogP contribution in [0.2, 0.25) is 0 Å². The van der Waals surface area contributed by atoms with Crippen molar-refractivity contribution in [1.29, 1.82) is 0 Å². The van der Waals surface area contributed by atoms with Crippen molar-refractivity contribution in [2.75, 3.05) is 30.6 Å². The quantitative estimate of drug-likeness (QED) is 0.519. The minimum atomic E-state index is -2.90. The Hall–Kier alpha value is -0.270. The van der Waals surface area contributed by atoms with Gasteiger partial charge in [-0.1, -0.05) is 0 Å². The van der Waals surface area contributed by atoms with Gasteiger partial charge in [-0.3, -0.25) is 4.79 Å². The maximum Gasteiger partial charge on any atom is 0.325 e. The zero-order chi connectivity index (χ0) is 12.8. The lowest BCUT2D eigenvalue weighted by atomic mass is 10.0. The normalized spacial score (nSPS) is 15.5. The summed E-state index contributed by atoms with van der Waals surface area (Å²) in [6.45, 7) is 1.61. The number of hydrogen-bond acceptors (Lipinski definition) is 6. The average molecular weight is 269 g/mol. The van der Waals surface area contributed by atoms with Crippen LogP contribution in [0.1, 0.15) is 13.3 Å². The first-order valence-electron chi connectivity index (χ1n) is 4.82. The van der Waals surface area contributed by atoms with Gasteiger partial charge in [0.25, 0.3) is 0 Å². The number of carbonyl (C=O) groups is 1. The van der Waals surface area contributed by atoms with Gasteiger partial charge in [0.05, 0.1) is 12.9 Å². The lowest BCUT2D eigenvalue weighted by Gasteiger charge is -2.20. The first-order valence-corrected chi connectivity index (χ1v) is 8.03. The molecule has 0 heterocycles. The van der Waals surface area contributed by atoms with Crippen molar-refractivity contribution in [2.24, 2.45) is 5.73 Å². The molecule has 0 bridgehead atoms. The SMILES string of the molecule is COC(=O)C(C)(N)CCSCCS(C)(=O)=O. The number of sulfone groups is 1. The van der Waals surface area contributed by atoms with Crippen LogP contribution >= 0.6 is 11.8 Å². The molecule has 1 atom stereocenters. The lowest BCUT2D eigenvalue weighted by molar-refractivity contribution is -0.146. The highest BCUT2D eigenvalue weighted by Crippen LogP contribution is 2.13. The van der Waals surface area contributed by atoms with E-state index in [0.717, 1.165) is 0 Å². The third-order valence-electron chi connectivity index (χ3n) is 2.02. The summed E-state index contributed by atoms with van der Waals surface area (Å²) in [5.74, 6) is 0.862. The second-order valence-corrected chi connectivity index (χ2v) is 7.39. The second-order valence-electron chi connectivity index (χ2n) is 3.90. The number of ether oxygens (including phenoxy) is 1. The molecule has 0 aliphatic rings. The molecule has 0 aromatic rings. The van der Waals surface area contributed by atoms with Crippen LogP contribution < -0.4 is 5.73 Å². The molecule has 0 aromatic heterocycles. The number of nitrogens with two attached hydrogens (primary N) is 1. The van der Waals surface area contributed by atoms with Crippen molar-refractivity contribution in [3.63, 3.8) is 0 Å². The van der Waals surface area contributed by atoms with E-state index in [9.17, 15) is 13.2 Å². The number of rotatable bonds is 7. The highest BCUT2D eigenvalue weighted by Gasteiger charge is 2.28. The highest BCUT2D eigenvalue weighted by atomic mass is 32.2. The molecule has 2 N–H and O–H groups in total. The molecule has 5 nitrogen and oxygen atoms in total. The summed E-state index contributed by atoms with van der Waals surface area (Å²) in [7, 11) is -1.61. The molecule has 16 heavy (non-hydrogen) atoms. The Morgan fingerprint density at radius 2 is 2.00 bits per heavy atom. The molecule has 7 heteroatoms. The monoisotopic (exact) mass is 269 g/mol. The van der Waals surface area contributed by atoms with Crippen LogP contribution in [-0.2, 0) is 19.4 Å². The first kappa shape index (κ1) is 15.7. The van der Waals surface area contributed by atoms with E-state index in [-0.39, 0.29) is 5.75 Å². The third kappa shape index (κ3) is 7.08. The van der Waals surface area contributed by atoms with Crippen LogP contribution in [0.25, 0.3) is 0 Å². The minimum Gasteiger partial charge on any atom is -0.468 e. The zero-order valence-corrected chi connectivity index (χ0v) is 11.5. The van der Waals surface area contributed by atoms with E-state index in [1.807, 2.05) is 0 Å². The van der Waals surface area contributed by atoms with Gasteiger partial charge in [0.15, 0.2) is 0 Å². The molecule has 0 amide bonds. The number of hydrogen-bond donors (Lipinski definition) is 1. The Labute approximate surface area is 101 Å². The van der Waals surface area contributed by atoms with E-state index < -0.39 is 21.3 Å². The van der Waals surface area contributed by atoms with Crippen molar-refractivity contribution in [3.8, 4) is 0 Å². The summed E-state index contributed by atoms with van der Waals surface area (Å²) in [6, 6.07) is 0. The van der Waals surface area contributed by atoms with Gasteiger partial charge in [-0.25, -0.2) is 8.42 Å². The molecule has 0 spiro atoms. The summed E-state index contributed by atoms with van der Waals surface area (Å²) in [4.78, 5) is 11.2. The largest absolute Gasteiger partial charge is 0.468 e. The van der Waals surface area contributed by atoms with Crippen molar-refractivity contribution in [2.45, 2.75) is 18.9 Å². The fourth-order valence-electron chi connectivity index (χ4n) is 0.932. The average Bonchev–Trinajstić information content (AvgIpc) is 2.14. The molecule has 96 valence electrons. The van der Waals surface area contributed by atoms with Crippen LogP contribution in [0.5, 0.6) is 0 Å². The zero-order valence-electron chi connectivity index (χ0n) is 9.86. The summed E-state index contributed by atoms with van der Waals surface area (Å²) >= 11 is 1.47. The van der Waals surface area contributed by atoms with Gasteiger partial charge >= 0.3 is 5.97 Å². The molecule has 1 unspecified atom stereocenters. The Kier molecular flexibility index (Phi) is 6.35. The van der Waals surface area contributed by atoms with Crippen LogP contribution in [0, 0.1) is 0 Å². The van der Waals surface area contributed by atoms with E-state index in [4.69, 9.17) is 5.73 Å². The van der Waals surface area contributed by atoms with E-state index in [1.54, 1.807) is 6.92 Å². The van der Waals surface area contributed by atoms with Crippen molar-refractivity contribution >= 4 is 27.6 Å². The number of carbonyl (C=O) groups excluding carboxylic acids is 1. The Bertz CT molecular complexity index is 324. The number of esters is 1. The molecule has 0 aliphatic carbocycles. The van der Waals surface area contributed by atoms with Crippen LogP contribution in [-0.4, -0.2) is 50.6 Å². The standard InChI is InChI=1S/C9H19NO4S2/c1-9(10,8(11)14-2)4-5-15-6-7-16(3,12)13/h4-7,10H2,1-3H3. The molecule has 0 aromatic carbocycles. The van der Waals surface area contributed by atoms with E-state index >= 15 is 0 Å². The number of methoxy groups -OCH3 is 1. The van der Waals surface area contributed by atoms with Crippen LogP contribution in [0.3, 0.4) is 0 Å². The van der Waals surface area contributed by atoms with Crippen LogP contribution in [0.4, 0.5) is 0 Å². The smallest absolute Gasteiger partial charge is 0.325 e. The molecule has 0 rings (SSSR count). The molecular weight excluding hydrogens is 250 g/mol. The predicted molar refractivity (Wildman–Crippen MR) is 66.3 cm³/mol. The fourth-order valence-corrected chi connectivity index (χ4v) is 3.39. The van der Waals surface area contributed by atoms with E-state index in [0.29, 0.717) is 17.9 Å². The maximum absolute atomic E-state index is 11.2.